The van der Waals surface area contributed by atoms with Crippen molar-refractivity contribution in [2.75, 3.05) is 31.6 Å². The normalized spacial score (nSPS) is 11.8. The molecule has 1 unspecified atom stereocenters. The van der Waals surface area contributed by atoms with Crippen molar-refractivity contribution < 1.29 is 43.3 Å². The summed E-state index contributed by atoms with van der Waals surface area (Å²) in [6, 6.07) is 10.9. The van der Waals surface area contributed by atoms with E-state index in [1.165, 1.54) is 23.9 Å². The Hall–Kier alpha value is -5.16. The number of carboxylic acid groups (broad SMARTS) is 1. The van der Waals surface area contributed by atoms with Crippen LogP contribution in [0.3, 0.4) is 0 Å². The monoisotopic (exact) mass is 757 g/mol. The molecule has 0 saturated heterocycles. The SMILES string of the molecule is CC(=O)SC(C)(C)CCOC(C)(C)CCC(=O)NCCCOc1ccc(NC(=O)C(CC(=O)O)NC(=O)CNC(=O)c2cccc(N=C(N)N)c2)cc1. The Morgan fingerprint density at radius 2 is 1.62 bits per heavy atom. The number of anilines is 1. The second kappa shape index (κ2) is 21.4. The number of nitrogens with zero attached hydrogens (tertiary/aromatic N) is 1. The van der Waals surface area contributed by atoms with E-state index in [1.54, 1.807) is 43.3 Å². The highest BCUT2D eigenvalue weighted by Gasteiger charge is 2.26. The number of aliphatic carboxylic acids is 1. The number of hydrogen-bond acceptors (Lipinski definition) is 10. The number of thioether (sulfide) groups is 1. The molecule has 4 amide bonds. The molecule has 17 heteroatoms. The van der Waals surface area contributed by atoms with Crippen LogP contribution >= 0.6 is 11.8 Å². The highest BCUT2D eigenvalue weighted by atomic mass is 32.2. The molecule has 0 radical (unpaired) electrons. The predicted octanol–water partition coefficient (Wildman–Crippen LogP) is 2.83. The number of amides is 4. The maximum Gasteiger partial charge on any atom is 0.305 e. The summed E-state index contributed by atoms with van der Waals surface area (Å²) in [6.07, 6.45) is 1.41. The highest BCUT2D eigenvalue weighted by Crippen LogP contribution is 2.29. The van der Waals surface area contributed by atoms with E-state index in [9.17, 15) is 33.9 Å². The third kappa shape index (κ3) is 18.8. The molecule has 0 heterocycles. The lowest BCUT2D eigenvalue weighted by molar-refractivity contribution is -0.139. The van der Waals surface area contributed by atoms with Gasteiger partial charge in [0.2, 0.25) is 17.7 Å². The summed E-state index contributed by atoms with van der Waals surface area (Å²) in [4.78, 5) is 76.9. The summed E-state index contributed by atoms with van der Waals surface area (Å²) in [5.74, 6) is -3.27. The molecule has 2 rings (SSSR count). The van der Waals surface area contributed by atoms with Crippen molar-refractivity contribution in [2.45, 2.75) is 83.1 Å². The molecule has 0 bridgehead atoms. The fraction of sp³-hybridized carbons (Fsp3) is 0.472. The van der Waals surface area contributed by atoms with Crippen LogP contribution in [0.5, 0.6) is 5.75 Å². The molecule has 9 N–H and O–H groups in total. The zero-order valence-electron chi connectivity index (χ0n) is 30.8. The van der Waals surface area contributed by atoms with Crippen molar-refractivity contribution in [3.63, 3.8) is 0 Å². The zero-order valence-corrected chi connectivity index (χ0v) is 31.6. The molecular formula is C36H51N7O9S. The Kier molecular flexibility index (Phi) is 17.8. The number of carbonyl (C=O) groups excluding carboxylic acids is 5. The molecule has 0 aromatic heterocycles. The van der Waals surface area contributed by atoms with Gasteiger partial charge in [0.1, 0.15) is 11.8 Å². The molecule has 0 aliphatic carbocycles. The van der Waals surface area contributed by atoms with Crippen molar-refractivity contribution in [3.8, 4) is 5.75 Å². The van der Waals surface area contributed by atoms with E-state index in [2.05, 4.69) is 26.3 Å². The number of rotatable bonds is 22. The Labute approximate surface area is 313 Å². The summed E-state index contributed by atoms with van der Waals surface area (Å²) < 4.78 is 11.5. The van der Waals surface area contributed by atoms with Gasteiger partial charge in [-0.05, 0) is 75.6 Å². The van der Waals surface area contributed by atoms with Crippen LogP contribution < -0.4 is 37.5 Å². The van der Waals surface area contributed by atoms with Gasteiger partial charge >= 0.3 is 5.97 Å². The number of benzene rings is 2. The quantitative estimate of drug-likeness (QED) is 0.0520. The molecule has 53 heavy (non-hydrogen) atoms. The van der Waals surface area contributed by atoms with Crippen LogP contribution in [0, 0.1) is 0 Å². The van der Waals surface area contributed by atoms with E-state index >= 15 is 0 Å². The molecule has 0 aliphatic rings. The number of carbonyl (C=O) groups is 6. The minimum absolute atomic E-state index is 0.0688. The minimum Gasteiger partial charge on any atom is -0.494 e. The van der Waals surface area contributed by atoms with Crippen LogP contribution in [0.1, 0.15) is 77.1 Å². The first-order chi connectivity index (χ1) is 24.8. The van der Waals surface area contributed by atoms with Gasteiger partial charge in [-0.1, -0.05) is 31.7 Å². The van der Waals surface area contributed by atoms with E-state index in [0.717, 1.165) is 0 Å². The van der Waals surface area contributed by atoms with Gasteiger partial charge in [0.05, 0.1) is 30.9 Å². The van der Waals surface area contributed by atoms with Gasteiger partial charge in [-0.25, -0.2) is 4.99 Å². The van der Waals surface area contributed by atoms with Crippen LogP contribution in [0.15, 0.2) is 53.5 Å². The molecule has 1 atom stereocenters. The first kappa shape index (κ1) is 44.0. The Morgan fingerprint density at radius 1 is 0.925 bits per heavy atom. The first-order valence-electron chi connectivity index (χ1n) is 17.0. The minimum atomic E-state index is -1.43. The lowest BCUT2D eigenvalue weighted by atomic mass is 10.0. The number of carboxylic acids is 1. The van der Waals surface area contributed by atoms with Gasteiger partial charge in [0.25, 0.3) is 5.91 Å². The maximum absolute atomic E-state index is 12.9. The molecule has 0 fully saturated rings. The maximum atomic E-state index is 12.9. The second-order valence-corrected chi connectivity index (χ2v) is 15.1. The number of guanidine groups is 1. The molecule has 0 saturated carbocycles. The average molecular weight is 758 g/mol. The smallest absolute Gasteiger partial charge is 0.305 e. The van der Waals surface area contributed by atoms with E-state index in [1.807, 2.05) is 27.7 Å². The summed E-state index contributed by atoms with van der Waals surface area (Å²) in [7, 11) is 0. The fourth-order valence-electron chi connectivity index (χ4n) is 4.70. The summed E-state index contributed by atoms with van der Waals surface area (Å²) in [6.45, 7) is 10.1. The molecule has 290 valence electrons. The van der Waals surface area contributed by atoms with Crippen molar-refractivity contribution in [2.24, 2.45) is 16.5 Å². The Morgan fingerprint density at radius 3 is 2.26 bits per heavy atom. The van der Waals surface area contributed by atoms with Crippen molar-refractivity contribution >= 4 is 63.8 Å². The number of hydrogen-bond donors (Lipinski definition) is 7. The Bertz CT molecular complexity index is 1610. The van der Waals surface area contributed by atoms with Crippen LogP contribution in [-0.2, 0) is 28.7 Å². The van der Waals surface area contributed by atoms with Gasteiger partial charge < -0.3 is 47.3 Å². The standard InChI is InChI=1S/C36H51N7O9S/c1-23(44)53-36(4,5)16-19-52-35(2,3)15-14-29(45)39-17-7-18-51-27-12-10-25(11-13-27)41-33(50)28(21-31(47)48)43-30(46)22-40-32(49)24-8-6-9-26(20-24)42-34(37)38/h6,8-13,20,28H,7,14-19,21-22H2,1-5H3,(H,39,45)(H,40,49)(H,41,50)(H,43,46)(H,47,48)(H4,37,38,42). The third-order valence-corrected chi connectivity index (χ3v) is 8.46. The third-order valence-electron chi connectivity index (χ3n) is 7.41. The second-order valence-electron chi connectivity index (χ2n) is 13.3. The predicted molar refractivity (Wildman–Crippen MR) is 203 cm³/mol. The average Bonchev–Trinajstić information content (AvgIpc) is 3.05. The lowest BCUT2D eigenvalue weighted by Gasteiger charge is -2.28. The van der Waals surface area contributed by atoms with Gasteiger partial charge in [-0.15, -0.1) is 0 Å². The first-order valence-corrected chi connectivity index (χ1v) is 17.8. The fourth-order valence-corrected chi connectivity index (χ4v) is 5.66. The van der Waals surface area contributed by atoms with Crippen molar-refractivity contribution in [3.05, 3.63) is 54.1 Å². The van der Waals surface area contributed by atoms with Gasteiger partial charge in [-0.3, -0.25) is 28.8 Å². The van der Waals surface area contributed by atoms with Crippen LogP contribution in [-0.4, -0.2) is 88.5 Å². The summed E-state index contributed by atoms with van der Waals surface area (Å²) >= 11 is 1.29. The van der Waals surface area contributed by atoms with E-state index in [-0.39, 0.29) is 27.3 Å². The highest BCUT2D eigenvalue weighted by molar-refractivity contribution is 8.14. The van der Waals surface area contributed by atoms with Crippen LogP contribution in [0.4, 0.5) is 11.4 Å². The van der Waals surface area contributed by atoms with Gasteiger partial charge in [0.15, 0.2) is 11.1 Å². The number of nitrogens with one attached hydrogen (secondary N) is 4. The molecule has 2 aromatic carbocycles. The molecule has 2 aromatic rings. The Balaban J connectivity index is 1.73. The molecule has 16 nitrogen and oxygen atoms in total. The van der Waals surface area contributed by atoms with Crippen molar-refractivity contribution in [1.82, 2.24) is 16.0 Å². The summed E-state index contributed by atoms with van der Waals surface area (Å²) in [5.41, 5.74) is 11.1. The number of ether oxygens (including phenoxy) is 2. The molecule has 0 aliphatic heterocycles. The molecular weight excluding hydrogens is 707 g/mol. The topological polar surface area (TPSA) is 254 Å². The number of aliphatic imine (C=N–C) groups is 1. The zero-order chi connectivity index (χ0) is 39.6. The largest absolute Gasteiger partial charge is 0.494 e. The van der Waals surface area contributed by atoms with Gasteiger partial charge in [-0.2, -0.15) is 0 Å². The van der Waals surface area contributed by atoms with Crippen LogP contribution in [0.2, 0.25) is 0 Å². The van der Waals surface area contributed by atoms with Crippen LogP contribution in [0.25, 0.3) is 0 Å². The number of nitrogens with two attached hydrogens (primary N) is 2. The van der Waals surface area contributed by atoms with E-state index < -0.39 is 48.3 Å². The van der Waals surface area contributed by atoms with E-state index in [0.29, 0.717) is 62.6 Å². The summed E-state index contributed by atoms with van der Waals surface area (Å²) in [5, 5.41) is 19.5. The molecule has 0 spiro atoms. The van der Waals surface area contributed by atoms with Gasteiger partial charge in [0, 0.05) is 42.5 Å². The van der Waals surface area contributed by atoms with Crippen molar-refractivity contribution in [1.29, 1.82) is 0 Å². The lowest BCUT2D eigenvalue weighted by Crippen LogP contribution is -2.48. The van der Waals surface area contributed by atoms with E-state index in [4.69, 9.17) is 20.9 Å².